The zero-order chi connectivity index (χ0) is 24.0. The Morgan fingerprint density at radius 2 is 1.00 bits per heavy atom. The Morgan fingerprint density at radius 1 is 0.647 bits per heavy atom. The first kappa shape index (κ1) is 22.3. The molecule has 8 heteroatoms. The van der Waals surface area contributed by atoms with Gasteiger partial charge in [0, 0.05) is 34.3 Å². The van der Waals surface area contributed by atoms with Gasteiger partial charge in [-0.2, -0.15) is 0 Å². The van der Waals surface area contributed by atoms with Crippen LogP contribution in [0.2, 0.25) is 10.0 Å². The van der Waals surface area contributed by atoms with Crippen LogP contribution >= 0.6 is 23.2 Å². The lowest BCUT2D eigenvalue weighted by molar-refractivity contribution is 0.683. The molecule has 0 unspecified atom stereocenters. The third-order valence-corrected chi connectivity index (χ3v) is 6.39. The molecule has 0 saturated heterocycles. The highest BCUT2D eigenvalue weighted by atomic mass is 35.5. The van der Waals surface area contributed by atoms with E-state index < -0.39 is 11.1 Å². The molecule has 2 heterocycles. The quantitative estimate of drug-likeness (QED) is 0.236. The van der Waals surface area contributed by atoms with Crippen molar-refractivity contribution in [1.82, 2.24) is 19.1 Å². The summed E-state index contributed by atoms with van der Waals surface area (Å²) in [5.41, 5.74) is 4.54. The van der Waals surface area contributed by atoms with Gasteiger partial charge >= 0.3 is 11.1 Å². The number of benzene rings is 3. The molecule has 0 spiro atoms. The van der Waals surface area contributed by atoms with Crippen LogP contribution in [-0.2, 0) is 13.1 Å². The van der Waals surface area contributed by atoms with E-state index in [4.69, 9.17) is 33.2 Å². The minimum absolute atomic E-state index is 0.376. The van der Waals surface area contributed by atoms with Crippen LogP contribution < -0.4 is 11.1 Å². The number of hydrogen-bond donors (Lipinski definition) is 0. The van der Waals surface area contributed by atoms with E-state index >= 15 is 0 Å². The van der Waals surface area contributed by atoms with Gasteiger partial charge in [-0.3, -0.25) is 9.59 Å². The van der Waals surface area contributed by atoms with Crippen LogP contribution in [0.5, 0.6) is 0 Å². The second-order valence-corrected chi connectivity index (χ2v) is 8.74. The molecule has 5 aromatic rings. The smallest absolute Gasteiger partial charge is 0.302 e. The molecule has 0 aliphatic rings. The lowest BCUT2D eigenvalue weighted by Crippen LogP contribution is -2.41. The zero-order valence-corrected chi connectivity index (χ0v) is 20.1. The topological polar surface area (TPSA) is 69.8 Å². The summed E-state index contributed by atoms with van der Waals surface area (Å²) >= 11 is 12.2. The maximum absolute atomic E-state index is 12.7. The number of aromatic nitrogens is 4. The Morgan fingerprint density at radius 3 is 1.32 bits per heavy atom. The third-order valence-electron chi connectivity index (χ3n) is 5.88. The highest BCUT2D eigenvalue weighted by molar-refractivity contribution is 6.31. The summed E-state index contributed by atoms with van der Waals surface area (Å²) in [7, 11) is 0. The maximum Gasteiger partial charge on any atom is 0.316 e. The summed E-state index contributed by atoms with van der Waals surface area (Å²) in [6.07, 6.45) is 0. The van der Waals surface area contributed by atoms with Crippen LogP contribution in [0.3, 0.4) is 0 Å². The molecule has 0 atom stereocenters. The zero-order valence-electron chi connectivity index (χ0n) is 18.5. The number of halogens is 2. The summed E-state index contributed by atoms with van der Waals surface area (Å²) in [5, 5.41) is 1.25. The monoisotopic (exact) mass is 490 g/mol. The van der Waals surface area contributed by atoms with E-state index in [0.29, 0.717) is 56.6 Å². The van der Waals surface area contributed by atoms with Crippen molar-refractivity contribution in [2.75, 3.05) is 0 Å². The molecule has 0 amide bonds. The van der Waals surface area contributed by atoms with E-state index in [-0.39, 0.29) is 0 Å². The van der Waals surface area contributed by atoms with Crippen molar-refractivity contribution in [3.05, 3.63) is 91.4 Å². The Bertz CT molecular complexity index is 1550. The van der Waals surface area contributed by atoms with Crippen molar-refractivity contribution < 1.29 is 0 Å². The molecule has 0 radical (unpaired) electrons. The van der Waals surface area contributed by atoms with E-state index in [1.807, 2.05) is 74.5 Å². The predicted octanol–water partition coefficient (Wildman–Crippen LogP) is 5.79. The highest BCUT2D eigenvalue weighted by Gasteiger charge is 2.17. The van der Waals surface area contributed by atoms with Gasteiger partial charge in [0.15, 0.2) is 0 Å². The van der Waals surface area contributed by atoms with Crippen LogP contribution in [0.15, 0.2) is 70.3 Å². The van der Waals surface area contributed by atoms with Gasteiger partial charge in [-0.25, -0.2) is 9.97 Å². The van der Waals surface area contributed by atoms with E-state index in [0.717, 1.165) is 11.1 Å². The molecular weight excluding hydrogens is 471 g/mol. The second kappa shape index (κ2) is 8.70. The van der Waals surface area contributed by atoms with Gasteiger partial charge in [0.25, 0.3) is 0 Å². The highest BCUT2D eigenvalue weighted by Crippen LogP contribution is 2.33. The predicted molar refractivity (Wildman–Crippen MR) is 138 cm³/mol. The van der Waals surface area contributed by atoms with Crippen LogP contribution in [0.4, 0.5) is 0 Å². The summed E-state index contributed by atoms with van der Waals surface area (Å²) in [6.45, 7) is 4.44. The number of nitrogens with zero attached hydrogens (tertiary/aromatic N) is 4. The average Bonchev–Trinajstić information content (AvgIpc) is 2.84. The summed E-state index contributed by atoms with van der Waals surface area (Å²) < 4.78 is 2.97. The van der Waals surface area contributed by atoms with Crippen LogP contribution in [0.1, 0.15) is 13.8 Å². The van der Waals surface area contributed by atoms with Crippen molar-refractivity contribution in [2.24, 2.45) is 0 Å². The molecule has 2 aromatic heterocycles. The molecule has 0 fully saturated rings. The average molecular weight is 491 g/mol. The fraction of sp³-hybridized carbons (Fsp3) is 0.154. The Kier molecular flexibility index (Phi) is 5.71. The standard InChI is InChI=1S/C26H20Cl2N4O2/c1-3-31-21-13-19-20(14-22(21)32(4-2)26(34)25(31)33)30-24(16-7-11-18(28)12-8-16)23(29-19)15-5-9-17(27)10-6-15/h5-14H,3-4H2,1-2H3. The summed E-state index contributed by atoms with van der Waals surface area (Å²) in [4.78, 5) is 35.3. The first-order chi connectivity index (χ1) is 16.4. The van der Waals surface area contributed by atoms with Crippen molar-refractivity contribution in [3.8, 4) is 22.5 Å². The molecule has 6 nitrogen and oxygen atoms in total. The number of fused-ring (bicyclic) bond motifs is 2. The number of rotatable bonds is 4. The fourth-order valence-corrected chi connectivity index (χ4v) is 4.46. The Labute approximate surface area is 205 Å². The molecule has 3 aromatic carbocycles. The van der Waals surface area contributed by atoms with Crippen molar-refractivity contribution in [1.29, 1.82) is 0 Å². The SMILES string of the molecule is CCn1c(=O)c(=O)n(CC)c2cc3nc(-c4ccc(Cl)cc4)c(-c4ccc(Cl)cc4)nc3cc21. The molecule has 34 heavy (non-hydrogen) atoms. The summed E-state index contributed by atoms with van der Waals surface area (Å²) in [5.74, 6) is 0. The first-order valence-corrected chi connectivity index (χ1v) is 11.7. The van der Waals surface area contributed by atoms with Crippen molar-refractivity contribution in [2.45, 2.75) is 26.9 Å². The lowest BCUT2D eigenvalue weighted by atomic mass is 10.0. The molecule has 0 aliphatic heterocycles. The number of hydrogen-bond acceptors (Lipinski definition) is 4. The van der Waals surface area contributed by atoms with Crippen LogP contribution in [0, 0.1) is 0 Å². The van der Waals surface area contributed by atoms with Gasteiger partial charge < -0.3 is 9.13 Å². The van der Waals surface area contributed by atoms with Gasteiger partial charge in [-0.1, -0.05) is 47.5 Å². The van der Waals surface area contributed by atoms with E-state index in [2.05, 4.69) is 0 Å². The normalized spacial score (nSPS) is 11.4. The maximum atomic E-state index is 12.7. The first-order valence-electron chi connectivity index (χ1n) is 10.9. The third kappa shape index (κ3) is 3.69. The molecule has 170 valence electrons. The van der Waals surface area contributed by atoms with Crippen molar-refractivity contribution >= 4 is 45.3 Å². The van der Waals surface area contributed by atoms with Crippen LogP contribution in [-0.4, -0.2) is 19.1 Å². The fourth-order valence-electron chi connectivity index (χ4n) is 4.21. The van der Waals surface area contributed by atoms with Crippen LogP contribution in [0.25, 0.3) is 44.6 Å². The molecule has 0 aliphatic carbocycles. The van der Waals surface area contributed by atoms with Gasteiger partial charge in [-0.15, -0.1) is 0 Å². The van der Waals surface area contributed by atoms with Crippen molar-refractivity contribution in [3.63, 3.8) is 0 Å². The van der Waals surface area contributed by atoms with Gasteiger partial charge in [-0.05, 0) is 50.2 Å². The van der Waals surface area contributed by atoms with Gasteiger partial charge in [0.05, 0.1) is 33.5 Å². The van der Waals surface area contributed by atoms with Gasteiger partial charge in [0.1, 0.15) is 0 Å². The Hall–Kier alpha value is -3.48. The molecule has 0 bridgehead atoms. The minimum atomic E-state index is -0.542. The lowest BCUT2D eigenvalue weighted by Gasteiger charge is -2.15. The molecule has 0 saturated carbocycles. The molecule has 0 N–H and O–H groups in total. The largest absolute Gasteiger partial charge is 0.316 e. The van der Waals surface area contributed by atoms with Gasteiger partial charge in [0.2, 0.25) is 0 Å². The minimum Gasteiger partial charge on any atom is -0.302 e. The van der Waals surface area contributed by atoms with E-state index in [9.17, 15) is 9.59 Å². The second-order valence-electron chi connectivity index (χ2n) is 7.86. The summed E-state index contributed by atoms with van der Waals surface area (Å²) in [6, 6.07) is 18.5. The number of aryl methyl sites for hydroxylation is 2. The Balaban J connectivity index is 1.90. The van der Waals surface area contributed by atoms with E-state index in [1.165, 1.54) is 9.13 Å². The molecular formula is C26H20Cl2N4O2. The molecule has 5 rings (SSSR count). The van der Waals surface area contributed by atoms with E-state index in [1.54, 1.807) is 0 Å².